The molecule has 0 aliphatic carbocycles. The second-order valence-electron chi connectivity index (χ2n) is 5.20. The van der Waals surface area contributed by atoms with Gasteiger partial charge in [0.2, 0.25) is 10.0 Å². The predicted octanol–water partition coefficient (Wildman–Crippen LogP) is 3.26. The Bertz CT molecular complexity index is 823. The molecule has 5 nitrogen and oxygen atoms in total. The van der Waals surface area contributed by atoms with E-state index in [1.165, 1.54) is 0 Å². The second-order valence-corrected chi connectivity index (χ2v) is 7.83. The molecule has 3 rings (SSSR count). The zero-order valence-electron chi connectivity index (χ0n) is 12.5. The molecule has 7 heteroatoms. The molecule has 0 amide bonds. The Labute approximate surface area is 143 Å². The van der Waals surface area contributed by atoms with E-state index < -0.39 is 16.1 Å². The Morgan fingerprint density at radius 3 is 2.57 bits per heavy atom. The number of fused-ring (bicyclic) bond motifs is 1. The highest BCUT2D eigenvalue weighted by molar-refractivity contribution is 9.10. The monoisotopic (exact) mass is 397 g/mol. The summed E-state index contributed by atoms with van der Waals surface area (Å²) in [5.74, 6) is 1.32. The first-order valence-corrected chi connectivity index (χ1v) is 9.41. The topological polar surface area (TPSA) is 64.6 Å². The van der Waals surface area contributed by atoms with Crippen LogP contribution < -0.4 is 14.2 Å². The van der Waals surface area contributed by atoms with Gasteiger partial charge in [0.1, 0.15) is 13.2 Å². The van der Waals surface area contributed by atoms with Crippen molar-refractivity contribution in [2.75, 3.05) is 13.2 Å². The molecule has 1 heterocycles. The molecule has 1 aliphatic heterocycles. The quantitative estimate of drug-likeness (QED) is 0.859. The van der Waals surface area contributed by atoms with Gasteiger partial charge in [-0.2, -0.15) is 0 Å². The molecule has 2 aromatic carbocycles. The van der Waals surface area contributed by atoms with Crippen molar-refractivity contribution in [2.24, 2.45) is 0 Å². The van der Waals surface area contributed by atoms with Gasteiger partial charge in [-0.05, 0) is 42.8 Å². The number of hydrogen-bond acceptors (Lipinski definition) is 4. The Hall–Kier alpha value is -1.57. The van der Waals surface area contributed by atoms with Crippen molar-refractivity contribution in [3.63, 3.8) is 0 Å². The lowest BCUT2D eigenvalue weighted by molar-refractivity contribution is 0.171. The van der Waals surface area contributed by atoms with Crippen LogP contribution in [0.1, 0.15) is 18.5 Å². The van der Waals surface area contributed by atoms with E-state index in [0.29, 0.717) is 29.2 Å². The lowest BCUT2D eigenvalue weighted by Gasteiger charge is -2.21. The van der Waals surface area contributed by atoms with Crippen LogP contribution in [0.5, 0.6) is 11.5 Å². The summed E-state index contributed by atoms with van der Waals surface area (Å²) in [5, 5.41) is 0. The molecule has 23 heavy (non-hydrogen) atoms. The van der Waals surface area contributed by atoms with E-state index in [4.69, 9.17) is 9.47 Å². The summed E-state index contributed by atoms with van der Waals surface area (Å²) in [6, 6.07) is 11.6. The van der Waals surface area contributed by atoms with Crippen molar-refractivity contribution in [1.29, 1.82) is 0 Å². The maximum atomic E-state index is 12.5. The fourth-order valence-electron chi connectivity index (χ4n) is 2.33. The fourth-order valence-corrected chi connectivity index (χ4v) is 4.16. The molecule has 0 bridgehead atoms. The second kappa shape index (κ2) is 6.51. The Kier molecular flexibility index (Phi) is 4.61. The van der Waals surface area contributed by atoms with Crippen molar-refractivity contribution >= 4 is 26.0 Å². The van der Waals surface area contributed by atoms with Crippen molar-refractivity contribution in [3.8, 4) is 11.5 Å². The number of benzene rings is 2. The molecule has 0 unspecified atom stereocenters. The highest BCUT2D eigenvalue weighted by atomic mass is 79.9. The van der Waals surface area contributed by atoms with Crippen molar-refractivity contribution in [1.82, 2.24) is 4.72 Å². The molecule has 2 aromatic rings. The molecule has 0 aromatic heterocycles. The van der Waals surface area contributed by atoms with Crippen LogP contribution in [0.25, 0.3) is 0 Å². The standard InChI is InChI=1S/C16H16BrNO4S/c1-11(12-5-6-15-16(9-12)22-8-7-21-15)18-23(19,20)14-4-2-3-13(17)10-14/h2-6,9-11,18H,7-8H2,1H3/t11-/m0/s1. The first kappa shape index (κ1) is 16.3. The Morgan fingerprint density at radius 1 is 1.09 bits per heavy atom. The maximum absolute atomic E-state index is 12.5. The van der Waals surface area contributed by atoms with Crippen LogP contribution in [-0.2, 0) is 10.0 Å². The molecule has 1 aliphatic rings. The first-order chi connectivity index (χ1) is 11.0. The number of halogens is 1. The molecular weight excluding hydrogens is 382 g/mol. The summed E-state index contributed by atoms with van der Waals surface area (Å²) >= 11 is 3.28. The van der Waals surface area contributed by atoms with Crippen LogP contribution in [0, 0.1) is 0 Å². The summed E-state index contributed by atoms with van der Waals surface area (Å²) in [6.07, 6.45) is 0. The van der Waals surface area contributed by atoms with Gasteiger partial charge >= 0.3 is 0 Å². The van der Waals surface area contributed by atoms with Gasteiger partial charge in [0.15, 0.2) is 11.5 Å². The van der Waals surface area contributed by atoms with E-state index in [-0.39, 0.29) is 4.90 Å². The Morgan fingerprint density at radius 2 is 1.83 bits per heavy atom. The van der Waals surface area contributed by atoms with Crippen LogP contribution in [0.15, 0.2) is 51.8 Å². The first-order valence-electron chi connectivity index (χ1n) is 7.13. The minimum Gasteiger partial charge on any atom is -0.486 e. The van der Waals surface area contributed by atoms with Crippen molar-refractivity contribution in [3.05, 3.63) is 52.5 Å². The molecule has 0 fully saturated rings. The third-order valence-corrected chi connectivity index (χ3v) is 5.54. The van der Waals surface area contributed by atoms with Crippen LogP contribution >= 0.6 is 15.9 Å². The molecule has 0 saturated heterocycles. The molecule has 1 N–H and O–H groups in total. The predicted molar refractivity (Wildman–Crippen MR) is 90.3 cm³/mol. The maximum Gasteiger partial charge on any atom is 0.241 e. The lowest BCUT2D eigenvalue weighted by atomic mass is 10.1. The number of nitrogens with one attached hydrogen (secondary N) is 1. The van der Waals surface area contributed by atoms with Crippen molar-refractivity contribution in [2.45, 2.75) is 17.9 Å². The minimum absolute atomic E-state index is 0.219. The molecule has 0 radical (unpaired) electrons. The summed E-state index contributed by atoms with van der Waals surface area (Å²) in [5.41, 5.74) is 0.813. The summed E-state index contributed by atoms with van der Waals surface area (Å²) < 4.78 is 39.3. The largest absolute Gasteiger partial charge is 0.486 e. The van der Waals surface area contributed by atoms with Gasteiger partial charge in [-0.1, -0.05) is 28.1 Å². The zero-order chi connectivity index (χ0) is 16.4. The van der Waals surface area contributed by atoms with Crippen molar-refractivity contribution < 1.29 is 17.9 Å². The SMILES string of the molecule is C[C@H](NS(=O)(=O)c1cccc(Br)c1)c1ccc2c(c1)OCCO2. The van der Waals surface area contributed by atoms with E-state index in [9.17, 15) is 8.42 Å². The van der Waals surface area contributed by atoms with Gasteiger partial charge in [-0.3, -0.25) is 0 Å². The summed E-state index contributed by atoms with van der Waals surface area (Å²) in [7, 11) is -3.60. The smallest absolute Gasteiger partial charge is 0.241 e. The highest BCUT2D eigenvalue weighted by Crippen LogP contribution is 2.33. The molecule has 0 spiro atoms. The van der Waals surface area contributed by atoms with E-state index in [1.54, 1.807) is 37.3 Å². The molecule has 122 valence electrons. The van der Waals surface area contributed by atoms with E-state index in [2.05, 4.69) is 20.7 Å². The number of hydrogen-bond donors (Lipinski definition) is 1. The van der Waals surface area contributed by atoms with Crippen LogP contribution in [0.3, 0.4) is 0 Å². The van der Waals surface area contributed by atoms with Gasteiger partial charge in [-0.15, -0.1) is 0 Å². The average molecular weight is 398 g/mol. The average Bonchev–Trinajstić information content (AvgIpc) is 2.54. The van der Waals surface area contributed by atoms with Crippen LogP contribution in [-0.4, -0.2) is 21.6 Å². The van der Waals surface area contributed by atoms with E-state index in [1.807, 2.05) is 12.1 Å². The highest BCUT2D eigenvalue weighted by Gasteiger charge is 2.20. The Balaban J connectivity index is 1.82. The van der Waals surface area contributed by atoms with Gasteiger partial charge in [0, 0.05) is 10.5 Å². The number of sulfonamides is 1. The third-order valence-electron chi connectivity index (χ3n) is 3.50. The lowest BCUT2D eigenvalue weighted by Crippen LogP contribution is -2.27. The van der Waals surface area contributed by atoms with E-state index >= 15 is 0 Å². The summed E-state index contributed by atoms with van der Waals surface area (Å²) in [4.78, 5) is 0.219. The molecule has 1 atom stereocenters. The zero-order valence-corrected chi connectivity index (χ0v) is 14.9. The van der Waals surface area contributed by atoms with Gasteiger partial charge in [0.05, 0.1) is 4.90 Å². The van der Waals surface area contributed by atoms with Gasteiger partial charge in [0.25, 0.3) is 0 Å². The fraction of sp³-hybridized carbons (Fsp3) is 0.250. The summed E-state index contributed by atoms with van der Waals surface area (Å²) in [6.45, 7) is 2.81. The van der Waals surface area contributed by atoms with Gasteiger partial charge < -0.3 is 9.47 Å². The number of ether oxygens (including phenoxy) is 2. The van der Waals surface area contributed by atoms with E-state index in [0.717, 1.165) is 5.56 Å². The van der Waals surface area contributed by atoms with Crippen LogP contribution in [0.2, 0.25) is 0 Å². The van der Waals surface area contributed by atoms with Crippen LogP contribution in [0.4, 0.5) is 0 Å². The van der Waals surface area contributed by atoms with Gasteiger partial charge in [-0.25, -0.2) is 13.1 Å². The molecule has 0 saturated carbocycles. The molecular formula is C16H16BrNO4S. The third kappa shape index (κ3) is 3.68. The minimum atomic E-state index is -3.60. The normalized spacial score (nSPS) is 15.2. The number of rotatable bonds is 4.